The SMILES string of the molecule is NCCC#Cc1c[nH]c(=O)[nH]c1=O. The lowest BCUT2D eigenvalue weighted by atomic mass is 10.3. The van der Waals surface area contributed by atoms with Crippen molar-refractivity contribution in [3.63, 3.8) is 0 Å². The first-order valence-electron chi connectivity index (χ1n) is 3.75. The highest BCUT2D eigenvalue weighted by molar-refractivity contribution is 5.28. The summed E-state index contributed by atoms with van der Waals surface area (Å²) in [5.41, 5.74) is 4.44. The molecule has 0 saturated carbocycles. The Morgan fingerprint density at radius 1 is 1.46 bits per heavy atom. The minimum absolute atomic E-state index is 0.244. The Morgan fingerprint density at radius 3 is 2.85 bits per heavy atom. The van der Waals surface area contributed by atoms with Crippen molar-refractivity contribution >= 4 is 0 Å². The number of nitrogens with two attached hydrogens (primary N) is 1. The molecule has 0 aliphatic rings. The van der Waals surface area contributed by atoms with Crippen molar-refractivity contribution in [2.45, 2.75) is 6.42 Å². The van der Waals surface area contributed by atoms with Crippen LogP contribution >= 0.6 is 0 Å². The van der Waals surface area contributed by atoms with E-state index >= 15 is 0 Å². The van der Waals surface area contributed by atoms with Crippen molar-refractivity contribution in [1.82, 2.24) is 9.97 Å². The van der Waals surface area contributed by atoms with Crippen LogP contribution in [0.3, 0.4) is 0 Å². The van der Waals surface area contributed by atoms with E-state index in [1.807, 2.05) is 0 Å². The molecule has 0 unspecified atom stereocenters. The third-order valence-electron chi connectivity index (χ3n) is 1.31. The van der Waals surface area contributed by atoms with E-state index < -0.39 is 11.2 Å². The minimum Gasteiger partial charge on any atom is -0.330 e. The van der Waals surface area contributed by atoms with Crippen molar-refractivity contribution in [3.8, 4) is 11.8 Å². The van der Waals surface area contributed by atoms with Gasteiger partial charge in [0.15, 0.2) is 0 Å². The van der Waals surface area contributed by atoms with E-state index in [-0.39, 0.29) is 5.56 Å². The van der Waals surface area contributed by atoms with Crippen LogP contribution in [0.5, 0.6) is 0 Å². The van der Waals surface area contributed by atoms with Gasteiger partial charge in [0.1, 0.15) is 5.56 Å². The summed E-state index contributed by atoms with van der Waals surface area (Å²) < 4.78 is 0. The van der Waals surface area contributed by atoms with Crippen LogP contribution in [0.1, 0.15) is 12.0 Å². The zero-order chi connectivity index (χ0) is 9.68. The van der Waals surface area contributed by atoms with E-state index in [1.165, 1.54) is 6.20 Å². The lowest BCUT2D eigenvalue weighted by molar-refractivity contribution is 1.02. The number of H-pyrrole nitrogens is 2. The number of hydrogen-bond acceptors (Lipinski definition) is 3. The van der Waals surface area contributed by atoms with Gasteiger partial charge in [-0.3, -0.25) is 9.78 Å². The lowest BCUT2D eigenvalue weighted by Crippen LogP contribution is -2.23. The fourth-order valence-corrected chi connectivity index (χ4v) is 0.733. The van der Waals surface area contributed by atoms with E-state index in [0.29, 0.717) is 13.0 Å². The smallest absolute Gasteiger partial charge is 0.325 e. The summed E-state index contributed by atoms with van der Waals surface area (Å²) in [6, 6.07) is 0. The van der Waals surface area contributed by atoms with Crippen molar-refractivity contribution in [1.29, 1.82) is 0 Å². The average Bonchev–Trinajstić information content (AvgIpc) is 2.09. The number of aromatic nitrogens is 2. The largest absolute Gasteiger partial charge is 0.330 e. The molecule has 1 rings (SSSR count). The van der Waals surface area contributed by atoms with E-state index in [4.69, 9.17) is 5.73 Å². The second-order valence-corrected chi connectivity index (χ2v) is 2.33. The molecule has 5 heteroatoms. The number of rotatable bonds is 1. The van der Waals surface area contributed by atoms with E-state index in [2.05, 4.69) is 21.8 Å². The van der Waals surface area contributed by atoms with Crippen molar-refractivity contribution in [2.24, 2.45) is 5.73 Å². The van der Waals surface area contributed by atoms with Crippen LogP contribution in [0.2, 0.25) is 0 Å². The molecule has 0 amide bonds. The zero-order valence-corrected chi connectivity index (χ0v) is 6.89. The van der Waals surface area contributed by atoms with Gasteiger partial charge in [-0.15, -0.1) is 0 Å². The number of hydrogen-bond donors (Lipinski definition) is 3. The molecular formula is C8H9N3O2. The van der Waals surface area contributed by atoms with Crippen LogP contribution < -0.4 is 17.0 Å². The molecule has 1 heterocycles. The summed E-state index contributed by atoms with van der Waals surface area (Å²) in [6.45, 7) is 0.453. The molecule has 5 nitrogen and oxygen atoms in total. The van der Waals surface area contributed by atoms with Gasteiger partial charge in [-0.2, -0.15) is 0 Å². The highest BCUT2D eigenvalue weighted by atomic mass is 16.2. The predicted molar refractivity (Wildman–Crippen MR) is 48.2 cm³/mol. The van der Waals surface area contributed by atoms with Crippen LogP contribution in [0.15, 0.2) is 15.8 Å². The first kappa shape index (κ1) is 9.29. The topological polar surface area (TPSA) is 91.7 Å². The lowest BCUT2D eigenvalue weighted by Gasteiger charge is -1.86. The molecule has 0 aliphatic carbocycles. The van der Waals surface area contributed by atoms with Gasteiger partial charge in [0.05, 0.1) is 0 Å². The van der Waals surface area contributed by atoms with Crippen molar-refractivity contribution in [3.05, 3.63) is 32.6 Å². The van der Waals surface area contributed by atoms with Gasteiger partial charge in [0, 0.05) is 19.2 Å². The van der Waals surface area contributed by atoms with Crippen LogP contribution in [0.4, 0.5) is 0 Å². The maximum absolute atomic E-state index is 11.0. The van der Waals surface area contributed by atoms with E-state index in [9.17, 15) is 9.59 Å². The van der Waals surface area contributed by atoms with Gasteiger partial charge in [-0.25, -0.2) is 4.79 Å². The Hall–Kier alpha value is -1.80. The fraction of sp³-hybridized carbons (Fsp3) is 0.250. The van der Waals surface area contributed by atoms with Gasteiger partial charge in [-0.05, 0) is 0 Å². The molecule has 1 aromatic heterocycles. The first-order chi connectivity index (χ1) is 6.24. The fourth-order valence-electron chi connectivity index (χ4n) is 0.733. The second-order valence-electron chi connectivity index (χ2n) is 2.33. The second kappa shape index (κ2) is 4.28. The Bertz CT molecular complexity index is 447. The van der Waals surface area contributed by atoms with Gasteiger partial charge >= 0.3 is 5.69 Å². The molecule has 68 valence electrons. The standard InChI is InChI=1S/C8H9N3O2/c9-4-2-1-3-6-5-10-8(13)11-7(6)12/h5H,2,4,9H2,(H2,10,11,12,13). The number of aromatic amines is 2. The maximum atomic E-state index is 11.0. The average molecular weight is 179 g/mol. The Morgan fingerprint density at radius 2 is 2.23 bits per heavy atom. The Kier molecular flexibility index (Phi) is 3.06. The molecule has 1 aromatic rings. The molecule has 0 fully saturated rings. The van der Waals surface area contributed by atoms with Crippen LogP contribution in [-0.4, -0.2) is 16.5 Å². The molecule has 0 bridgehead atoms. The molecule has 0 aromatic carbocycles. The molecule has 0 spiro atoms. The van der Waals surface area contributed by atoms with Gasteiger partial charge < -0.3 is 10.7 Å². The van der Waals surface area contributed by atoms with Crippen molar-refractivity contribution in [2.75, 3.05) is 6.54 Å². The van der Waals surface area contributed by atoms with Crippen LogP contribution in [-0.2, 0) is 0 Å². The first-order valence-corrected chi connectivity index (χ1v) is 3.75. The molecule has 0 atom stereocenters. The summed E-state index contributed by atoms with van der Waals surface area (Å²) >= 11 is 0. The molecule has 13 heavy (non-hydrogen) atoms. The van der Waals surface area contributed by atoms with E-state index in [1.54, 1.807) is 0 Å². The zero-order valence-electron chi connectivity index (χ0n) is 6.89. The molecular weight excluding hydrogens is 170 g/mol. The van der Waals surface area contributed by atoms with E-state index in [0.717, 1.165) is 0 Å². The molecule has 4 N–H and O–H groups in total. The molecule has 0 saturated heterocycles. The minimum atomic E-state index is -0.533. The molecule has 0 radical (unpaired) electrons. The molecule has 0 aliphatic heterocycles. The van der Waals surface area contributed by atoms with Gasteiger partial charge in [0.2, 0.25) is 0 Å². The summed E-state index contributed by atoms with van der Waals surface area (Å²) in [4.78, 5) is 26.0. The maximum Gasteiger partial charge on any atom is 0.325 e. The summed E-state index contributed by atoms with van der Waals surface area (Å²) in [5.74, 6) is 5.29. The van der Waals surface area contributed by atoms with Gasteiger partial charge in [-0.1, -0.05) is 11.8 Å². The third-order valence-corrected chi connectivity index (χ3v) is 1.31. The van der Waals surface area contributed by atoms with Gasteiger partial charge in [0.25, 0.3) is 5.56 Å². The quantitative estimate of drug-likeness (QED) is 0.471. The monoisotopic (exact) mass is 179 g/mol. The van der Waals surface area contributed by atoms with Crippen LogP contribution in [0.25, 0.3) is 0 Å². The Labute approximate surface area is 74.0 Å². The predicted octanol–water partition coefficient (Wildman–Crippen LogP) is -1.24. The number of nitrogens with one attached hydrogen (secondary N) is 2. The van der Waals surface area contributed by atoms with Crippen molar-refractivity contribution < 1.29 is 0 Å². The van der Waals surface area contributed by atoms with Crippen LogP contribution in [0, 0.1) is 11.8 Å². The Balaban J connectivity index is 2.99. The highest BCUT2D eigenvalue weighted by Crippen LogP contribution is 1.79. The summed E-state index contributed by atoms with van der Waals surface area (Å²) in [5, 5.41) is 0. The summed E-state index contributed by atoms with van der Waals surface area (Å²) in [6.07, 6.45) is 1.81. The summed E-state index contributed by atoms with van der Waals surface area (Å²) in [7, 11) is 0. The third kappa shape index (κ3) is 2.61. The highest BCUT2D eigenvalue weighted by Gasteiger charge is 1.93. The normalized spacial score (nSPS) is 9.00.